The molecule has 1 amide bonds. The lowest BCUT2D eigenvalue weighted by Gasteiger charge is -2.43. The maximum absolute atomic E-state index is 14.4. The number of amides is 1. The van der Waals surface area contributed by atoms with E-state index in [0.29, 0.717) is 44.2 Å². The van der Waals surface area contributed by atoms with Crippen molar-refractivity contribution in [3.05, 3.63) is 53.2 Å². The van der Waals surface area contributed by atoms with E-state index in [1.807, 2.05) is 0 Å². The van der Waals surface area contributed by atoms with Crippen LogP contribution < -0.4 is 9.64 Å². The van der Waals surface area contributed by atoms with Crippen molar-refractivity contribution in [2.24, 2.45) is 0 Å². The summed E-state index contributed by atoms with van der Waals surface area (Å²) in [5.74, 6) is 0.580. The minimum absolute atomic E-state index is 0.0569. The van der Waals surface area contributed by atoms with Crippen LogP contribution in [0.3, 0.4) is 0 Å². The van der Waals surface area contributed by atoms with Gasteiger partial charge in [-0.05, 0) is 82.3 Å². The molecule has 4 aliphatic rings. The summed E-state index contributed by atoms with van der Waals surface area (Å²) in [6, 6.07) is 8.80. The van der Waals surface area contributed by atoms with Crippen molar-refractivity contribution in [3.63, 3.8) is 0 Å². The number of fused-ring (bicyclic) bond motifs is 2. The number of hydrogen-bond acceptors (Lipinski definition) is 9. The van der Waals surface area contributed by atoms with Gasteiger partial charge >= 0.3 is 6.01 Å². The zero-order valence-electron chi connectivity index (χ0n) is 24.5. The summed E-state index contributed by atoms with van der Waals surface area (Å²) < 4.78 is 5.67. The van der Waals surface area contributed by atoms with Gasteiger partial charge in [0.05, 0.1) is 23.3 Å². The lowest BCUT2D eigenvalue weighted by molar-refractivity contribution is -0.128. The number of aromatic nitrogens is 2. The molecule has 4 heterocycles. The number of likely N-dealkylation sites (N-methyl/N-ethyl adjacent to an activating group) is 1. The van der Waals surface area contributed by atoms with E-state index in [2.05, 4.69) is 54.6 Å². The standard InChI is InChI=1S/C32H38N6O3S/c1-4-27(39)38-18-17-37(19-22(38)12-15-33)30-25-11-14-32(13-10-24-21(2)7-5-9-26(24)42-32)29(40)28(25)34-31(35-30)41-20-23-8-6-16-36(23)3/h4-5,7,9,22-23H,1,6,8,10-14,16-20H2,2-3H3/t22?,23?,32-/m1/s1. The Kier molecular flexibility index (Phi) is 7.99. The number of nitriles is 1. The molecule has 1 spiro atoms. The molecule has 1 aromatic heterocycles. The molecule has 42 heavy (non-hydrogen) atoms. The Hall–Kier alpha value is -3.42. The van der Waals surface area contributed by atoms with Gasteiger partial charge in [-0.3, -0.25) is 9.59 Å². The number of aryl methyl sites for hydroxylation is 1. The number of nitrogens with zero attached hydrogens (tertiary/aromatic N) is 6. The van der Waals surface area contributed by atoms with Crippen molar-refractivity contribution < 1.29 is 14.3 Å². The van der Waals surface area contributed by atoms with Crippen LogP contribution in [0.25, 0.3) is 0 Å². The van der Waals surface area contributed by atoms with E-state index in [9.17, 15) is 14.9 Å². The Bertz CT molecular complexity index is 1460. The molecular formula is C32H38N6O3S. The number of piperazine rings is 1. The number of benzene rings is 1. The van der Waals surface area contributed by atoms with Gasteiger partial charge in [0.15, 0.2) is 5.78 Å². The molecule has 2 fully saturated rings. The normalized spacial score (nSPS) is 25.6. The van der Waals surface area contributed by atoms with E-state index in [1.165, 1.54) is 22.1 Å². The van der Waals surface area contributed by atoms with Crippen LogP contribution in [-0.2, 0) is 17.6 Å². The van der Waals surface area contributed by atoms with Gasteiger partial charge in [0, 0.05) is 36.1 Å². The molecule has 0 saturated carbocycles. The van der Waals surface area contributed by atoms with Crippen molar-refractivity contribution in [1.29, 1.82) is 5.26 Å². The van der Waals surface area contributed by atoms with Crippen molar-refractivity contribution in [2.45, 2.75) is 73.6 Å². The highest BCUT2D eigenvalue weighted by atomic mass is 32.2. The van der Waals surface area contributed by atoms with E-state index >= 15 is 0 Å². The molecule has 0 radical (unpaired) electrons. The van der Waals surface area contributed by atoms with E-state index in [1.54, 1.807) is 16.7 Å². The molecule has 3 atom stereocenters. The predicted molar refractivity (Wildman–Crippen MR) is 162 cm³/mol. The lowest BCUT2D eigenvalue weighted by Crippen LogP contribution is -2.55. The first kappa shape index (κ1) is 28.7. The first-order valence-corrected chi connectivity index (χ1v) is 15.8. The van der Waals surface area contributed by atoms with E-state index in [4.69, 9.17) is 14.7 Å². The van der Waals surface area contributed by atoms with Gasteiger partial charge in [-0.15, -0.1) is 11.8 Å². The second-order valence-corrected chi connectivity index (χ2v) is 13.3. The quantitative estimate of drug-likeness (QED) is 0.465. The predicted octanol–water partition coefficient (Wildman–Crippen LogP) is 3.98. The summed E-state index contributed by atoms with van der Waals surface area (Å²) in [5.41, 5.74) is 3.93. The summed E-state index contributed by atoms with van der Waals surface area (Å²) in [4.78, 5) is 44.0. The van der Waals surface area contributed by atoms with E-state index < -0.39 is 4.75 Å². The molecule has 3 aliphatic heterocycles. The number of ketones is 1. The van der Waals surface area contributed by atoms with Gasteiger partial charge in [-0.1, -0.05) is 18.7 Å². The monoisotopic (exact) mass is 586 g/mol. The van der Waals surface area contributed by atoms with Gasteiger partial charge in [0.25, 0.3) is 0 Å². The fourth-order valence-electron chi connectivity index (χ4n) is 6.96. The van der Waals surface area contributed by atoms with Crippen LogP contribution >= 0.6 is 11.8 Å². The third-order valence-electron chi connectivity index (χ3n) is 9.47. The highest BCUT2D eigenvalue weighted by molar-refractivity contribution is 8.01. The zero-order chi connectivity index (χ0) is 29.4. The van der Waals surface area contributed by atoms with Crippen LogP contribution in [-0.4, -0.2) is 88.1 Å². The second kappa shape index (κ2) is 11.7. The van der Waals surface area contributed by atoms with Crippen LogP contribution in [0.4, 0.5) is 5.82 Å². The smallest absolute Gasteiger partial charge is 0.319 e. The molecule has 9 nitrogen and oxygen atoms in total. The number of anilines is 1. The fraction of sp³-hybridized carbons (Fsp3) is 0.531. The summed E-state index contributed by atoms with van der Waals surface area (Å²) in [5, 5.41) is 9.51. The SMILES string of the molecule is C=CC(=O)N1CCN(c2nc(OCC3CCCN3C)nc3c2CC[C@]2(CCc4c(C)cccc4S2)C3=O)CC1CC#N. The van der Waals surface area contributed by atoms with Crippen molar-refractivity contribution in [3.8, 4) is 12.1 Å². The molecule has 10 heteroatoms. The summed E-state index contributed by atoms with van der Waals surface area (Å²) in [6.07, 6.45) is 6.76. The average Bonchev–Trinajstić information content (AvgIpc) is 3.42. The number of likely N-dealkylation sites (tertiary alicyclic amines) is 1. The number of carbonyl (C=O) groups excluding carboxylic acids is 2. The zero-order valence-corrected chi connectivity index (χ0v) is 25.3. The Morgan fingerprint density at radius 3 is 2.76 bits per heavy atom. The first-order chi connectivity index (χ1) is 20.3. The van der Waals surface area contributed by atoms with Gasteiger partial charge < -0.3 is 19.4 Å². The maximum atomic E-state index is 14.4. The largest absolute Gasteiger partial charge is 0.462 e. The molecule has 2 unspecified atom stereocenters. The fourth-order valence-corrected chi connectivity index (χ4v) is 8.52. The van der Waals surface area contributed by atoms with Crippen LogP contribution in [0.15, 0.2) is 35.7 Å². The van der Waals surface area contributed by atoms with Gasteiger partial charge in [-0.2, -0.15) is 15.2 Å². The lowest BCUT2D eigenvalue weighted by atomic mass is 9.80. The second-order valence-electron chi connectivity index (χ2n) is 11.9. The Labute approximate surface area is 251 Å². The van der Waals surface area contributed by atoms with Gasteiger partial charge in [-0.25, -0.2) is 0 Å². The maximum Gasteiger partial charge on any atom is 0.319 e. The Balaban J connectivity index is 1.35. The molecule has 1 aliphatic carbocycles. The Morgan fingerprint density at radius 2 is 2.02 bits per heavy atom. The third-order valence-corrected chi connectivity index (χ3v) is 11.1. The summed E-state index contributed by atoms with van der Waals surface area (Å²) >= 11 is 1.70. The number of hydrogen-bond donors (Lipinski definition) is 0. The summed E-state index contributed by atoms with van der Waals surface area (Å²) in [6.45, 7) is 8.71. The first-order valence-electron chi connectivity index (χ1n) is 14.9. The number of ether oxygens (including phenoxy) is 1. The molecule has 2 aromatic rings. The van der Waals surface area contributed by atoms with E-state index in [-0.39, 0.29) is 36.2 Å². The van der Waals surface area contributed by atoms with Gasteiger partial charge in [0.1, 0.15) is 18.1 Å². The highest BCUT2D eigenvalue weighted by Crippen LogP contribution is 2.51. The van der Waals surface area contributed by atoms with Crippen LogP contribution in [0, 0.1) is 18.3 Å². The topological polar surface area (TPSA) is 103 Å². The molecule has 6 rings (SSSR count). The minimum atomic E-state index is -0.555. The number of carbonyl (C=O) groups is 2. The summed E-state index contributed by atoms with van der Waals surface area (Å²) in [7, 11) is 2.10. The number of rotatable bonds is 6. The Morgan fingerprint density at radius 1 is 1.21 bits per heavy atom. The number of Topliss-reactive ketones (excluding diaryl/α,β-unsaturated/α-hetero) is 1. The van der Waals surface area contributed by atoms with Crippen molar-refractivity contribution in [1.82, 2.24) is 19.8 Å². The molecule has 0 N–H and O–H groups in total. The van der Waals surface area contributed by atoms with Crippen molar-refractivity contribution in [2.75, 3.05) is 44.7 Å². The van der Waals surface area contributed by atoms with E-state index in [0.717, 1.165) is 44.2 Å². The van der Waals surface area contributed by atoms with Crippen molar-refractivity contribution >= 4 is 29.3 Å². The van der Waals surface area contributed by atoms with Crippen LogP contribution in [0.2, 0.25) is 0 Å². The molecule has 0 bridgehead atoms. The molecule has 1 aromatic carbocycles. The van der Waals surface area contributed by atoms with Crippen LogP contribution in [0.5, 0.6) is 6.01 Å². The molecule has 2 saturated heterocycles. The minimum Gasteiger partial charge on any atom is -0.462 e. The molecule has 220 valence electrons. The third kappa shape index (κ3) is 5.18. The van der Waals surface area contributed by atoms with Gasteiger partial charge in [0.2, 0.25) is 5.91 Å². The highest BCUT2D eigenvalue weighted by Gasteiger charge is 2.48. The molecular weight excluding hydrogens is 548 g/mol. The number of thioether (sulfide) groups is 1. The average molecular weight is 587 g/mol. The van der Waals surface area contributed by atoms with Crippen LogP contribution in [0.1, 0.15) is 59.3 Å².